The summed E-state index contributed by atoms with van der Waals surface area (Å²) in [5.41, 5.74) is 3.46. The van der Waals surface area contributed by atoms with E-state index in [4.69, 9.17) is 4.74 Å². The predicted octanol–water partition coefficient (Wildman–Crippen LogP) is 2.55. The van der Waals surface area contributed by atoms with E-state index in [-0.39, 0.29) is 48.7 Å². The molecule has 0 saturated carbocycles. The smallest absolute Gasteiger partial charge is 0.264 e. The predicted molar refractivity (Wildman–Crippen MR) is 240 cm³/mol. The summed E-state index contributed by atoms with van der Waals surface area (Å²) in [6, 6.07) is 20.0. The molecule has 7 amide bonds. The number of likely N-dealkylation sites (N-methyl/N-ethyl adjacent to an activating group) is 1. The normalized spacial score (nSPS) is 15.4. The van der Waals surface area contributed by atoms with Crippen LogP contribution in [0, 0.1) is 0 Å². The van der Waals surface area contributed by atoms with Gasteiger partial charge in [-0.1, -0.05) is 48.5 Å². The van der Waals surface area contributed by atoms with Crippen LogP contribution in [-0.2, 0) is 35.8 Å². The summed E-state index contributed by atoms with van der Waals surface area (Å²) in [6.45, 7) is 1.55. The molecule has 5 aromatic rings. The molecule has 338 valence electrons. The van der Waals surface area contributed by atoms with Crippen molar-refractivity contribution in [2.45, 2.75) is 31.5 Å². The Morgan fingerprint density at radius 3 is 2.40 bits per heavy atom. The van der Waals surface area contributed by atoms with E-state index in [1.807, 2.05) is 42.3 Å². The van der Waals surface area contributed by atoms with Crippen molar-refractivity contribution in [2.24, 2.45) is 0 Å². The Morgan fingerprint density at radius 2 is 1.68 bits per heavy atom. The molecule has 4 heterocycles. The molecule has 0 bridgehead atoms. The molecule has 2 aliphatic heterocycles. The van der Waals surface area contributed by atoms with Gasteiger partial charge in [-0.15, -0.1) is 11.3 Å². The second kappa shape index (κ2) is 20.2. The van der Waals surface area contributed by atoms with E-state index in [1.165, 1.54) is 29.7 Å². The van der Waals surface area contributed by atoms with E-state index in [2.05, 4.69) is 31.6 Å². The van der Waals surface area contributed by atoms with Gasteiger partial charge in [-0.25, -0.2) is 13.4 Å². The van der Waals surface area contributed by atoms with Gasteiger partial charge >= 0.3 is 0 Å². The van der Waals surface area contributed by atoms with E-state index in [0.717, 1.165) is 26.9 Å². The maximum atomic E-state index is 13.5. The monoisotopic (exact) mass is 923 g/mol. The quantitative estimate of drug-likeness (QED) is 0.0749. The van der Waals surface area contributed by atoms with Crippen LogP contribution in [0.2, 0.25) is 0 Å². The Morgan fingerprint density at radius 1 is 0.923 bits per heavy atom. The van der Waals surface area contributed by atoms with Crippen LogP contribution in [0.4, 0.5) is 10.8 Å². The molecule has 1 saturated heterocycles. The van der Waals surface area contributed by atoms with Crippen molar-refractivity contribution < 1.29 is 46.7 Å². The van der Waals surface area contributed by atoms with Crippen LogP contribution in [0.1, 0.15) is 59.8 Å². The number of carbonyl (C=O) groups is 7. The maximum absolute atomic E-state index is 13.5. The lowest BCUT2D eigenvalue weighted by Gasteiger charge is -2.27. The highest BCUT2D eigenvalue weighted by Crippen LogP contribution is 2.32. The van der Waals surface area contributed by atoms with Gasteiger partial charge in [-0.3, -0.25) is 47.8 Å². The van der Waals surface area contributed by atoms with Crippen molar-refractivity contribution in [3.05, 3.63) is 124 Å². The molecule has 0 spiro atoms. The molecule has 1 fully saturated rings. The van der Waals surface area contributed by atoms with Gasteiger partial charge in [0.25, 0.3) is 29.5 Å². The highest BCUT2D eigenvalue weighted by molar-refractivity contribution is 7.89. The zero-order valence-corrected chi connectivity index (χ0v) is 36.9. The molecular formula is C44H45N9O10S2. The van der Waals surface area contributed by atoms with Crippen LogP contribution < -0.4 is 26.6 Å². The largest absolute Gasteiger partial charge is 0.383 e. The summed E-state index contributed by atoms with van der Waals surface area (Å²) in [5.74, 6) is -3.88. The molecule has 21 heteroatoms. The number of carbonyl (C=O) groups excluding carboxylic acids is 7. The van der Waals surface area contributed by atoms with Gasteiger partial charge in [0.15, 0.2) is 5.13 Å². The van der Waals surface area contributed by atoms with Crippen molar-refractivity contribution >= 4 is 73.5 Å². The number of imide groups is 2. The SMILES string of the molecule is CN(CCNC(=O)c1ccc(COC[C@H](NC(=O)c2ccn(S(C)(=O)=O)c2)C(=O)Nc2nc(-c3ccccc3)cs2)cc1)CCNc1cccc2c1C(=O)N(C1CCC(=O)NC1=O)C2=O. The van der Waals surface area contributed by atoms with Gasteiger partial charge in [0.05, 0.1) is 41.9 Å². The number of thiazole rings is 1. The zero-order valence-electron chi connectivity index (χ0n) is 35.2. The number of nitrogens with one attached hydrogen (secondary N) is 5. The van der Waals surface area contributed by atoms with Crippen LogP contribution in [-0.4, -0.2) is 127 Å². The Kier molecular flexibility index (Phi) is 14.3. The molecule has 65 heavy (non-hydrogen) atoms. The molecule has 0 radical (unpaired) electrons. The van der Waals surface area contributed by atoms with Gasteiger partial charge in [-0.05, 0) is 49.4 Å². The summed E-state index contributed by atoms with van der Waals surface area (Å²) < 4.78 is 30.7. The first-order valence-electron chi connectivity index (χ1n) is 20.4. The molecule has 5 N–H and O–H groups in total. The van der Waals surface area contributed by atoms with Gasteiger partial charge in [0.2, 0.25) is 21.8 Å². The van der Waals surface area contributed by atoms with Crippen LogP contribution in [0.25, 0.3) is 11.3 Å². The fourth-order valence-electron chi connectivity index (χ4n) is 7.07. The summed E-state index contributed by atoms with van der Waals surface area (Å²) in [5, 5.41) is 15.8. The molecule has 1 unspecified atom stereocenters. The molecule has 3 aromatic carbocycles. The van der Waals surface area contributed by atoms with Crippen LogP contribution in [0.15, 0.2) is 96.6 Å². The van der Waals surface area contributed by atoms with Crippen molar-refractivity contribution in [2.75, 3.05) is 56.7 Å². The maximum Gasteiger partial charge on any atom is 0.264 e. The Balaban J connectivity index is 0.868. The highest BCUT2D eigenvalue weighted by atomic mass is 32.2. The number of anilines is 2. The van der Waals surface area contributed by atoms with Gasteiger partial charge in [0.1, 0.15) is 12.1 Å². The first-order valence-corrected chi connectivity index (χ1v) is 23.1. The van der Waals surface area contributed by atoms with E-state index in [9.17, 15) is 42.0 Å². The molecule has 2 aromatic heterocycles. The average Bonchev–Trinajstić information content (AvgIpc) is 4.03. The first kappa shape index (κ1) is 45.9. The van der Waals surface area contributed by atoms with Crippen LogP contribution in [0.5, 0.6) is 0 Å². The Labute approximate surface area is 377 Å². The molecule has 0 aliphatic carbocycles. The number of amides is 7. The average molecular weight is 924 g/mol. The van der Waals surface area contributed by atoms with E-state index >= 15 is 0 Å². The summed E-state index contributed by atoms with van der Waals surface area (Å²) >= 11 is 1.21. The lowest BCUT2D eigenvalue weighted by atomic mass is 10.0. The third-order valence-corrected chi connectivity index (χ3v) is 12.3. The van der Waals surface area contributed by atoms with Crippen molar-refractivity contribution in [3.8, 4) is 11.3 Å². The molecule has 2 aliphatic rings. The number of hydrogen-bond donors (Lipinski definition) is 5. The van der Waals surface area contributed by atoms with Crippen molar-refractivity contribution in [3.63, 3.8) is 0 Å². The third kappa shape index (κ3) is 11.2. The van der Waals surface area contributed by atoms with E-state index in [0.29, 0.717) is 53.8 Å². The minimum atomic E-state index is -3.64. The van der Waals surface area contributed by atoms with Gasteiger partial charge in [0, 0.05) is 67.2 Å². The van der Waals surface area contributed by atoms with Crippen LogP contribution >= 0.6 is 11.3 Å². The Bertz CT molecular complexity index is 2740. The lowest BCUT2D eigenvalue weighted by molar-refractivity contribution is -0.136. The van der Waals surface area contributed by atoms with Gasteiger partial charge in [-0.2, -0.15) is 0 Å². The highest BCUT2D eigenvalue weighted by Gasteiger charge is 2.45. The number of nitrogens with zero attached hydrogens (tertiary/aromatic N) is 4. The molecule has 19 nitrogen and oxygen atoms in total. The minimum Gasteiger partial charge on any atom is -0.383 e. The zero-order chi connectivity index (χ0) is 46.3. The second-order valence-electron chi connectivity index (χ2n) is 15.3. The number of hydrogen-bond acceptors (Lipinski definition) is 14. The van der Waals surface area contributed by atoms with Crippen LogP contribution in [0.3, 0.4) is 0 Å². The van der Waals surface area contributed by atoms with Crippen molar-refractivity contribution in [1.82, 2.24) is 34.7 Å². The fraction of sp³-hybridized carbons (Fsp3) is 0.273. The van der Waals surface area contributed by atoms with E-state index < -0.39 is 57.6 Å². The second-order valence-corrected chi connectivity index (χ2v) is 18.0. The molecular weight excluding hydrogens is 879 g/mol. The number of benzene rings is 3. The summed E-state index contributed by atoms with van der Waals surface area (Å²) in [4.78, 5) is 97.6. The minimum absolute atomic E-state index is 0.0263. The number of rotatable bonds is 19. The lowest BCUT2D eigenvalue weighted by Crippen LogP contribution is -2.54. The number of fused-ring (bicyclic) bond motifs is 1. The van der Waals surface area contributed by atoms with Gasteiger partial charge < -0.3 is 30.9 Å². The van der Waals surface area contributed by atoms with E-state index in [1.54, 1.807) is 41.8 Å². The standard InChI is InChI=1S/C44H45N9O10S2/c1-51(21-18-45-32-10-6-9-31-37(32)43(60)53(42(31)59)35-15-16-36(54)49-41(35)58)22-19-46-38(55)29-13-11-27(12-14-29)24-63-25-33(47-39(56)30-17-20-52(23-30)65(2,61)62)40(57)50-44-48-34(26-64-44)28-7-4-3-5-8-28/h3-14,17,20,23,26,33,35,45H,15-16,18-19,21-22,24-25H2,1-2H3,(H,46,55)(H,47,56)(H,48,50,57)(H,49,54,58)/t33-,35?/m0/s1. The fourth-order valence-corrected chi connectivity index (χ4v) is 8.38. The Hall–Kier alpha value is -7.07. The summed E-state index contributed by atoms with van der Waals surface area (Å²) in [7, 11) is -1.77. The number of ether oxygens (including phenoxy) is 1. The topological polar surface area (TPSA) is 247 Å². The number of piperidine rings is 1. The summed E-state index contributed by atoms with van der Waals surface area (Å²) in [6.07, 6.45) is 3.48. The molecule has 2 atom stereocenters. The van der Waals surface area contributed by atoms with Crippen molar-refractivity contribution in [1.29, 1.82) is 0 Å². The first-order chi connectivity index (χ1) is 31.2. The molecule has 7 rings (SSSR count). The third-order valence-electron chi connectivity index (χ3n) is 10.6. The number of aromatic nitrogens is 2.